The van der Waals surface area contributed by atoms with Crippen LogP contribution in [-0.2, 0) is 14.8 Å². The molecule has 1 amide bonds. The van der Waals surface area contributed by atoms with Gasteiger partial charge in [0.15, 0.2) is 6.10 Å². The van der Waals surface area contributed by atoms with Crippen molar-refractivity contribution in [2.75, 3.05) is 10.0 Å². The Morgan fingerprint density at radius 2 is 2.16 bits per heavy atom. The number of aryl methyl sites for hydroxylation is 1. The highest BCUT2D eigenvalue weighted by Crippen LogP contribution is 2.33. The number of ether oxygens (including phenoxy) is 1. The van der Waals surface area contributed by atoms with E-state index in [-0.39, 0.29) is 15.9 Å². The molecule has 8 nitrogen and oxygen atoms in total. The van der Waals surface area contributed by atoms with Crippen molar-refractivity contribution in [3.05, 3.63) is 23.2 Å². The maximum Gasteiger partial charge on any atom is 0.265 e. The zero-order chi connectivity index (χ0) is 18.0. The van der Waals surface area contributed by atoms with Crippen molar-refractivity contribution < 1.29 is 17.9 Å². The van der Waals surface area contributed by atoms with E-state index in [9.17, 15) is 13.2 Å². The van der Waals surface area contributed by atoms with Crippen LogP contribution in [0.1, 0.15) is 31.2 Å². The van der Waals surface area contributed by atoms with Gasteiger partial charge in [0.2, 0.25) is 5.13 Å². The molecule has 0 fully saturated rings. The number of amides is 1. The molecule has 0 aliphatic carbocycles. The van der Waals surface area contributed by atoms with Crippen LogP contribution >= 0.6 is 11.3 Å². The molecular weight excluding hydrogens is 364 g/mol. The van der Waals surface area contributed by atoms with E-state index in [1.807, 2.05) is 6.92 Å². The minimum atomic E-state index is -3.83. The average molecular weight is 382 g/mol. The van der Waals surface area contributed by atoms with Crippen LogP contribution in [0.25, 0.3) is 0 Å². The summed E-state index contributed by atoms with van der Waals surface area (Å²) in [6, 6.07) is 4.36. The number of nitrogens with one attached hydrogen (secondary N) is 2. The summed E-state index contributed by atoms with van der Waals surface area (Å²) in [5, 5.41) is 11.1. The molecule has 25 heavy (non-hydrogen) atoms. The molecule has 0 saturated carbocycles. The van der Waals surface area contributed by atoms with Crippen LogP contribution in [-0.4, -0.2) is 30.6 Å². The second-order valence-corrected chi connectivity index (χ2v) is 8.49. The van der Waals surface area contributed by atoms with E-state index in [0.29, 0.717) is 22.9 Å². The molecular formula is C15H18N4O4S2. The number of nitrogens with zero attached hydrogens (tertiary/aromatic N) is 2. The van der Waals surface area contributed by atoms with Crippen molar-refractivity contribution >= 4 is 38.1 Å². The van der Waals surface area contributed by atoms with E-state index in [1.165, 1.54) is 12.1 Å². The Hall–Kier alpha value is -2.20. The van der Waals surface area contributed by atoms with Crippen LogP contribution in [0.15, 0.2) is 23.1 Å². The van der Waals surface area contributed by atoms with Crippen LogP contribution in [0.5, 0.6) is 5.75 Å². The first-order chi connectivity index (χ1) is 11.9. The number of hydrogen-bond donors (Lipinski definition) is 2. The molecule has 2 aromatic rings. The lowest BCUT2D eigenvalue weighted by Gasteiger charge is -2.26. The summed E-state index contributed by atoms with van der Waals surface area (Å²) < 4.78 is 33.0. The molecule has 1 aliphatic rings. The van der Waals surface area contributed by atoms with Gasteiger partial charge in [-0.05, 0) is 38.0 Å². The molecule has 1 aromatic heterocycles. The van der Waals surface area contributed by atoms with Crippen LogP contribution in [0.3, 0.4) is 0 Å². The second-order valence-electron chi connectivity index (χ2n) is 5.63. The standard InChI is InChI=1S/C15H18N4O4S2/c1-3-4-5-13-14(20)16-11-8-10(6-7-12(11)23-13)25(21,22)19-15-18-17-9(2)24-15/h6-8,13H,3-5H2,1-2H3,(H,16,20)(H,18,19)/t13-/m0/s1. The highest BCUT2D eigenvalue weighted by atomic mass is 32.2. The second kappa shape index (κ2) is 6.96. The molecule has 134 valence electrons. The molecule has 1 aromatic carbocycles. The monoisotopic (exact) mass is 382 g/mol. The van der Waals surface area contributed by atoms with Crippen LogP contribution in [0.2, 0.25) is 0 Å². The number of benzene rings is 1. The number of hydrogen-bond acceptors (Lipinski definition) is 7. The topological polar surface area (TPSA) is 110 Å². The number of rotatable bonds is 6. The summed E-state index contributed by atoms with van der Waals surface area (Å²) in [6.07, 6.45) is 1.93. The van der Waals surface area contributed by atoms with Crippen molar-refractivity contribution in [3.63, 3.8) is 0 Å². The number of carbonyl (C=O) groups is 1. The summed E-state index contributed by atoms with van der Waals surface area (Å²) in [7, 11) is -3.83. The molecule has 2 heterocycles. The smallest absolute Gasteiger partial charge is 0.265 e. The van der Waals surface area contributed by atoms with E-state index < -0.39 is 16.1 Å². The van der Waals surface area contributed by atoms with E-state index in [1.54, 1.807) is 13.0 Å². The third-order valence-corrected chi connectivity index (χ3v) is 5.87. The van der Waals surface area contributed by atoms with Crippen molar-refractivity contribution in [3.8, 4) is 5.75 Å². The Bertz CT molecular complexity index is 895. The SMILES string of the molecule is CCCC[C@@H]1Oc2ccc(S(=O)(=O)Nc3nnc(C)s3)cc2NC1=O. The molecule has 0 radical (unpaired) electrons. The molecule has 0 unspecified atom stereocenters. The van der Waals surface area contributed by atoms with Crippen molar-refractivity contribution in [2.24, 2.45) is 0 Å². The van der Waals surface area contributed by atoms with Crippen molar-refractivity contribution in [1.29, 1.82) is 0 Å². The maximum absolute atomic E-state index is 12.5. The Morgan fingerprint density at radius 3 is 2.84 bits per heavy atom. The van der Waals surface area contributed by atoms with Crippen LogP contribution < -0.4 is 14.8 Å². The minimum absolute atomic E-state index is 0.00927. The maximum atomic E-state index is 12.5. The van der Waals surface area contributed by atoms with Crippen LogP contribution in [0.4, 0.5) is 10.8 Å². The summed E-state index contributed by atoms with van der Waals surface area (Å²) >= 11 is 1.14. The van der Waals surface area contributed by atoms with Gasteiger partial charge in [-0.2, -0.15) is 0 Å². The van der Waals surface area contributed by atoms with Crippen molar-refractivity contribution in [1.82, 2.24) is 10.2 Å². The van der Waals surface area contributed by atoms with E-state index in [2.05, 4.69) is 20.2 Å². The molecule has 2 N–H and O–H groups in total. The number of carbonyl (C=O) groups excluding carboxylic acids is 1. The average Bonchev–Trinajstić information content (AvgIpc) is 2.96. The molecule has 1 atom stereocenters. The van der Waals surface area contributed by atoms with Gasteiger partial charge in [-0.3, -0.25) is 9.52 Å². The van der Waals surface area contributed by atoms with Gasteiger partial charge in [-0.25, -0.2) is 8.42 Å². The Kier molecular flexibility index (Phi) is 4.91. The normalized spacial score (nSPS) is 16.7. The van der Waals surface area contributed by atoms with Crippen LogP contribution in [0, 0.1) is 6.92 Å². The zero-order valence-corrected chi connectivity index (χ0v) is 15.4. The van der Waals surface area contributed by atoms with Gasteiger partial charge >= 0.3 is 0 Å². The molecule has 1 aliphatic heterocycles. The predicted molar refractivity (Wildman–Crippen MR) is 94.5 cm³/mol. The van der Waals surface area contributed by atoms with Crippen molar-refractivity contribution in [2.45, 2.75) is 44.1 Å². The Balaban J connectivity index is 1.82. The number of unbranched alkanes of at least 4 members (excludes halogenated alkanes) is 1. The first-order valence-electron chi connectivity index (χ1n) is 7.83. The predicted octanol–water partition coefficient (Wildman–Crippen LogP) is 2.54. The first kappa shape index (κ1) is 17.6. The lowest BCUT2D eigenvalue weighted by atomic mass is 10.1. The first-order valence-corrected chi connectivity index (χ1v) is 10.1. The van der Waals surface area contributed by atoms with E-state index in [4.69, 9.17) is 4.74 Å². The fraction of sp³-hybridized carbons (Fsp3) is 0.400. The van der Waals surface area contributed by atoms with Gasteiger partial charge in [0.25, 0.3) is 15.9 Å². The fourth-order valence-electron chi connectivity index (χ4n) is 2.39. The largest absolute Gasteiger partial charge is 0.478 e. The number of aromatic nitrogens is 2. The van der Waals surface area contributed by atoms with Gasteiger partial charge in [0.05, 0.1) is 10.6 Å². The third kappa shape index (κ3) is 3.90. The quantitative estimate of drug-likeness (QED) is 0.794. The molecule has 0 spiro atoms. The number of fused-ring (bicyclic) bond motifs is 1. The Morgan fingerprint density at radius 1 is 1.36 bits per heavy atom. The zero-order valence-electron chi connectivity index (χ0n) is 13.8. The third-order valence-electron chi connectivity index (χ3n) is 3.65. The van der Waals surface area contributed by atoms with E-state index >= 15 is 0 Å². The summed E-state index contributed by atoms with van der Waals surface area (Å²) in [5.74, 6) is 0.203. The number of anilines is 2. The number of sulfonamides is 1. The molecule has 3 rings (SSSR count). The van der Waals surface area contributed by atoms with Gasteiger partial charge in [-0.1, -0.05) is 24.7 Å². The van der Waals surface area contributed by atoms with Gasteiger partial charge < -0.3 is 10.1 Å². The lowest BCUT2D eigenvalue weighted by molar-refractivity contribution is -0.123. The van der Waals surface area contributed by atoms with Gasteiger partial charge in [0.1, 0.15) is 10.8 Å². The molecule has 0 saturated heterocycles. The lowest BCUT2D eigenvalue weighted by Crippen LogP contribution is -2.37. The highest BCUT2D eigenvalue weighted by Gasteiger charge is 2.28. The van der Waals surface area contributed by atoms with Gasteiger partial charge in [0, 0.05) is 0 Å². The van der Waals surface area contributed by atoms with Gasteiger partial charge in [-0.15, -0.1) is 10.2 Å². The Labute approximate surface area is 149 Å². The van der Waals surface area contributed by atoms with E-state index in [0.717, 1.165) is 24.2 Å². The summed E-state index contributed by atoms with van der Waals surface area (Å²) in [4.78, 5) is 12.1. The summed E-state index contributed by atoms with van der Waals surface area (Å²) in [6.45, 7) is 3.77. The summed E-state index contributed by atoms with van der Waals surface area (Å²) in [5.41, 5.74) is 0.342. The fourth-order valence-corrected chi connectivity index (χ4v) is 4.24. The minimum Gasteiger partial charge on any atom is -0.478 e. The highest BCUT2D eigenvalue weighted by molar-refractivity contribution is 7.93. The molecule has 10 heteroatoms. The molecule has 0 bridgehead atoms.